The van der Waals surface area contributed by atoms with Crippen molar-refractivity contribution in [1.29, 1.82) is 0 Å². The van der Waals surface area contributed by atoms with Gasteiger partial charge in [-0.25, -0.2) is 4.98 Å². The van der Waals surface area contributed by atoms with E-state index in [0.29, 0.717) is 16.6 Å². The molecule has 8 nitrogen and oxygen atoms in total. The number of amides is 2. The second-order valence-electron chi connectivity index (χ2n) is 5.27. The van der Waals surface area contributed by atoms with Crippen LogP contribution in [0.15, 0.2) is 38.9 Å². The molecule has 0 aliphatic heterocycles. The molecule has 1 saturated carbocycles. The first-order valence-electron chi connectivity index (χ1n) is 7.26. The van der Waals surface area contributed by atoms with Gasteiger partial charge in [0.1, 0.15) is 12.0 Å². The summed E-state index contributed by atoms with van der Waals surface area (Å²) in [7, 11) is 0. The lowest BCUT2D eigenvalue weighted by Gasteiger charge is -1.97. The van der Waals surface area contributed by atoms with Gasteiger partial charge in [0.25, 0.3) is 5.91 Å². The van der Waals surface area contributed by atoms with Gasteiger partial charge in [-0.2, -0.15) is 4.98 Å². The van der Waals surface area contributed by atoms with Gasteiger partial charge >= 0.3 is 6.01 Å². The summed E-state index contributed by atoms with van der Waals surface area (Å²) in [5.74, 6) is 0.0561. The van der Waals surface area contributed by atoms with Crippen molar-refractivity contribution in [2.24, 2.45) is 5.92 Å². The topological polar surface area (TPSA) is 110 Å². The number of oxazole rings is 1. The number of hydrogen-bond donors (Lipinski definition) is 2. The summed E-state index contributed by atoms with van der Waals surface area (Å²) in [6.45, 7) is 0. The van der Waals surface area contributed by atoms with Crippen molar-refractivity contribution in [3.63, 3.8) is 0 Å². The van der Waals surface area contributed by atoms with Crippen LogP contribution in [-0.2, 0) is 4.79 Å². The smallest absolute Gasteiger partial charge is 0.302 e. The van der Waals surface area contributed by atoms with Crippen LogP contribution in [0.1, 0.15) is 23.3 Å². The fourth-order valence-corrected chi connectivity index (χ4v) is 2.71. The molecule has 3 aromatic rings. The van der Waals surface area contributed by atoms with E-state index in [1.54, 1.807) is 23.8 Å². The van der Waals surface area contributed by atoms with Gasteiger partial charge in [-0.15, -0.1) is 11.3 Å². The molecule has 1 aliphatic rings. The van der Waals surface area contributed by atoms with Crippen LogP contribution in [0.2, 0.25) is 0 Å². The quantitative estimate of drug-likeness (QED) is 0.736. The maximum Gasteiger partial charge on any atom is 0.302 e. The SMILES string of the molecule is O=C(Nc1nc(-c2ccco2)cs1)c1coc(NC(=O)C2CC2)n1. The summed E-state index contributed by atoms with van der Waals surface area (Å²) in [6, 6.07) is 3.57. The maximum atomic E-state index is 12.2. The van der Waals surface area contributed by atoms with E-state index in [9.17, 15) is 9.59 Å². The Bertz CT molecular complexity index is 879. The first kappa shape index (κ1) is 14.6. The monoisotopic (exact) mass is 344 g/mol. The molecule has 122 valence electrons. The Morgan fingerprint density at radius 1 is 1.21 bits per heavy atom. The summed E-state index contributed by atoms with van der Waals surface area (Å²) in [5.41, 5.74) is 0.702. The van der Waals surface area contributed by atoms with Crippen molar-refractivity contribution >= 4 is 34.3 Å². The van der Waals surface area contributed by atoms with E-state index in [0.717, 1.165) is 12.8 Å². The number of carbonyl (C=O) groups is 2. The Labute approximate surface area is 139 Å². The fraction of sp³-hybridized carbons (Fsp3) is 0.200. The van der Waals surface area contributed by atoms with E-state index < -0.39 is 5.91 Å². The summed E-state index contributed by atoms with van der Waals surface area (Å²) in [6.07, 6.45) is 4.50. The molecule has 0 saturated heterocycles. The maximum absolute atomic E-state index is 12.2. The summed E-state index contributed by atoms with van der Waals surface area (Å²) in [5, 5.41) is 7.37. The first-order valence-corrected chi connectivity index (χ1v) is 8.14. The largest absolute Gasteiger partial charge is 0.463 e. The molecule has 4 rings (SSSR count). The highest BCUT2D eigenvalue weighted by molar-refractivity contribution is 7.14. The molecule has 2 amide bonds. The summed E-state index contributed by atoms with van der Waals surface area (Å²) < 4.78 is 10.4. The highest BCUT2D eigenvalue weighted by Gasteiger charge is 2.30. The van der Waals surface area contributed by atoms with Crippen LogP contribution in [0.4, 0.5) is 11.1 Å². The highest BCUT2D eigenvalue weighted by atomic mass is 32.1. The van der Waals surface area contributed by atoms with Gasteiger partial charge in [0.05, 0.1) is 6.26 Å². The van der Waals surface area contributed by atoms with Crippen molar-refractivity contribution in [2.45, 2.75) is 12.8 Å². The van der Waals surface area contributed by atoms with Gasteiger partial charge in [0.2, 0.25) is 5.91 Å². The Morgan fingerprint density at radius 3 is 2.83 bits per heavy atom. The minimum absolute atomic E-state index is 0.0208. The number of anilines is 2. The van der Waals surface area contributed by atoms with Gasteiger partial charge in [0, 0.05) is 11.3 Å². The van der Waals surface area contributed by atoms with Crippen LogP contribution in [0.25, 0.3) is 11.5 Å². The molecule has 2 N–H and O–H groups in total. The van der Waals surface area contributed by atoms with E-state index in [4.69, 9.17) is 8.83 Å². The lowest BCUT2D eigenvalue weighted by atomic mass is 10.4. The molecule has 0 atom stereocenters. The average molecular weight is 344 g/mol. The van der Waals surface area contributed by atoms with E-state index in [1.807, 2.05) is 0 Å². The molecule has 0 radical (unpaired) electrons. The minimum Gasteiger partial charge on any atom is -0.463 e. The molecule has 24 heavy (non-hydrogen) atoms. The third kappa shape index (κ3) is 3.06. The zero-order valence-electron chi connectivity index (χ0n) is 12.3. The molecular formula is C15H12N4O4S. The van der Waals surface area contributed by atoms with Gasteiger partial charge in [0.15, 0.2) is 16.6 Å². The van der Waals surface area contributed by atoms with Crippen molar-refractivity contribution in [3.05, 3.63) is 35.7 Å². The molecule has 3 aromatic heterocycles. The zero-order chi connectivity index (χ0) is 16.5. The Hall–Kier alpha value is -2.94. The van der Waals surface area contributed by atoms with E-state index in [2.05, 4.69) is 20.6 Å². The van der Waals surface area contributed by atoms with Crippen molar-refractivity contribution < 1.29 is 18.4 Å². The lowest BCUT2D eigenvalue weighted by molar-refractivity contribution is -0.117. The number of furan rings is 1. The minimum atomic E-state index is -0.467. The zero-order valence-corrected chi connectivity index (χ0v) is 13.1. The highest BCUT2D eigenvalue weighted by Crippen LogP contribution is 2.30. The molecule has 3 heterocycles. The van der Waals surface area contributed by atoms with E-state index >= 15 is 0 Å². The molecule has 1 aliphatic carbocycles. The molecule has 9 heteroatoms. The Morgan fingerprint density at radius 2 is 2.08 bits per heavy atom. The number of hydrogen-bond acceptors (Lipinski definition) is 7. The van der Waals surface area contributed by atoms with E-state index in [-0.39, 0.29) is 23.5 Å². The van der Waals surface area contributed by atoms with Crippen LogP contribution in [0.5, 0.6) is 0 Å². The number of carbonyl (C=O) groups excluding carboxylic acids is 2. The van der Waals surface area contributed by atoms with Gasteiger partial charge in [-0.1, -0.05) is 0 Å². The fourth-order valence-electron chi connectivity index (χ4n) is 2.02. The molecule has 0 unspecified atom stereocenters. The van der Waals surface area contributed by atoms with Crippen molar-refractivity contribution in [2.75, 3.05) is 10.6 Å². The molecule has 1 fully saturated rings. The van der Waals surface area contributed by atoms with Gasteiger partial charge < -0.3 is 8.83 Å². The molecule has 0 bridgehead atoms. The van der Waals surface area contributed by atoms with Crippen LogP contribution in [0, 0.1) is 5.92 Å². The molecule has 0 spiro atoms. The lowest BCUT2D eigenvalue weighted by Crippen LogP contribution is -2.15. The van der Waals surface area contributed by atoms with Crippen molar-refractivity contribution in [3.8, 4) is 11.5 Å². The van der Waals surface area contributed by atoms with Gasteiger partial charge in [-0.05, 0) is 25.0 Å². The summed E-state index contributed by atoms with van der Waals surface area (Å²) >= 11 is 1.27. The molecular weight excluding hydrogens is 332 g/mol. The third-order valence-electron chi connectivity index (χ3n) is 3.41. The van der Waals surface area contributed by atoms with Crippen molar-refractivity contribution in [1.82, 2.24) is 9.97 Å². The molecule has 0 aromatic carbocycles. The number of rotatable bonds is 5. The van der Waals surface area contributed by atoms with Crippen LogP contribution >= 0.6 is 11.3 Å². The Kier molecular flexibility index (Phi) is 3.62. The third-order valence-corrected chi connectivity index (χ3v) is 4.17. The van der Waals surface area contributed by atoms with Gasteiger partial charge in [-0.3, -0.25) is 20.2 Å². The second-order valence-corrected chi connectivity index (χ2v) is 6.13. The van der Waals surface area contributed by atoms with Crippen LogP contribution in [0.3, 0.4) is 0 Å². The van der Waals surface area contributed by atoms with Crippen LogP contribution < -0.4 is 10.6 Å². The predicted molar refractivity (Wildman–Crippen MR) is 85.6 cm³/mol. The number of nitrogens with zero attached hydrogens (tertiary/aromatic N) is 2. The first-order chi connectivity index (χ1) is 11.7. The van der Waals surface area contributed by atoms with E-state index in [1.165, 1.54) is 17.6 Å². The second kappa shape index (κ2) is 5.93. The summed E-state index contributed by atoms with van der Waals surface area (Å²) in [4.78, 5) is 32.0. The normalized spacial score (nSPS) is 13.7. The predicted octanol–water partition coefficient (Wildman–Crippen LogP) is 2.99. The number of nitrogens with one attached hydrogen (secondary N) is 2. The van der Waals surface area contributed by atoms with Crippen LogP contribution in [-0.4, -0.2) is 21.8 Å². The Balaban J connectivity index is 1.41. The number of thiazole rings is 1. The average Bonchev–Trinajstić information content (AvgIpc) is 2.96. The number of aromatic nitrogens is 2. The standard InChI is InChI=1S/C15H12N4O4S/c20-12(8-3-4-8)18-14-16-9(6-23-14)13(21)19-15-17-10(7-24-15)11-2-1-5-22-11/h1-2,5-8H,3-4H2,(H,16,18,20)(H,17,19,21).